The molecule has 2 aromatic carbocycles. The van der Waals surface area contributed by atoms with E-state index in [1.165, 1.54) is 0 Å². The van der Waals surface area contributed by atoms with E-state index in [-0.39, 0.29) is 6.10 Å². The van der Waals surface area contributed by atoms with Gasteiger partial charge in [-0.3, -0.25) is 0 Å². The minimum Gasteiger partial charge on any atom is -0.491 e. The molecular formula is C26H32ClNO6. The van der Waals surface area contributed by atoms with Crippen LogP contribution in [0.2, 0.25) is 5.02 Å². The Labute approximate surface area is 205 Å². The lowest BCUT2D eigenvalue weighted by Crippen LogP contribution is -2.61. The van der Waals surface area contributed by atoms with E-state index >= 15 is 0 Å². The van der Waals surface area contributed by atoms with Gasteiger partial charge in [0.15, 0.2) is 12.0 Å². The zero-order chi connectivity index (χ0) is 24.5. The Bertz CT molecular complexity index is 1030. The Balaban J connectivity index is 1.69. The van der Waals surface area contributed by atoms with Crippen molar-refractivity contribution in [3.8, 4) is 5.75 Å². The highest BCUT2D eigenvalue weighted by Gasteiger charge is 2.60. The molecule has 0 saturated carbocycles. The van der Waals surface area contributed by atoms with Gasteiger partial charge in [0.25, 0.3) is 0 Å². The Morgan fingerprint density at radius 2 is 1.85 bits per heavy atom. The maximum Gasteiger partial charge on any atom is 0.228 e. The number of nitrogens with zero attached hydrogens (tertiary/aromatic N) is 1. The Morgan fingerprint density at radius 3 is 2.50 bits per heavy atom. The maximum atomic E-state index is 10.8. The van der Waals surface area contributed by atoms with Crippen LogP contribution in [0.15, 0.2) is 47.5 Å². The topological polar surface area (TPSA) is 101 Å². The number of ether oxygens (including phenoxy) is 3. The molecule has 0 radical (unpaired) electrons. The fraction of sp³-hybridized carbons (Fsp3) is 0.500. The first-order valence-corrected chi connectivity index (χ1v) is 12.1. The van der Waals surface area contributed by atoms with E-state index in [4.69, 9.17) is 30.8 Å². The summed E-state index contributed by atoms with van der Waals surface area (Å²) in [6, 6.07) is 13.3. The summed E-state index contributed by atoms with van der Waals surface area (Å²) in [4.78, 5) is 4.73. The second-order valence-corrected chi connectivity index (χ2v) is 9.51. The molecular weight excluding hydrogens is 458 g/mol. The average Bonchev–Trinajstić information content (AvgIpc) is 3.18. The van der Waals surface area contributed by atoms with E-state index in [0.717, 1.165) is 23.3 Å². The first-order valence-electron chi connectivity index (χ1n) is 11.7. The van der Waals surface area contributed by atoms with Crippen LogP contribution >= 0.6 is 11.6 Å². The maximum absolute atomic E-state index is 10.8. The normalized spacial score (nSPS) is 28.4. The lowest BCUT2D eigenvalue weighted by atomic mass is 9.85. The Kier molecular flexibility index (Phi) is 7.50. The lowest BCUT2D eigenvalue weighted by molar-refractivity contribution is -0.262. The van der Waals surface area contributed by atoms with E-state index in [0.29, 0.717) is 29.3 Å². The molecule has 0 bridgehead atoms. The molecule has 2 aliphatic heterocycles. The third-order valence-electron chi connectivity index (χ3n) is 6.10. The van der Waals surface area contributed by atoms with Crippen molar-refractivity contribution in [1.82, 2.24) is 0 Å². The number of halogens is 1. The third kappa shape index (κ3) is 4.81. The monoisotopic (exact) mass is 489 g/mol. The minimum absolute atomic E-state index is 0.100. The number of rotatable bonds is 8. The van der Waals surface area contributed by atoms with Crippen molar-refractivity contribution in [2.24, 2.45) is 4.99 Å². The van der Waals surface area contributed by atoms with Crippen LogP contribution in [0, 0.1) is 0 Å². The van der Waals surface area contributed by atoms with Gasteiger partial charge in [-0.25, -0.2) is 4.99 Å². The second-order valence-electron chi connectivity index (χ2n) is 9.10. The zero-order valence-corrected chi connectivity index (χ0v) is 20.4. The fourth-order valence-corrected chi connectivity index (χ4v) is 4.66. The molecule has 1 saturated heterocycles. The van der Waals surface area contributed by atoms with Gasteiger partial charge in [-0.2, -0.15) is 0 Å². The highest BCUT2D eigenvalue weighted by Crippen LogP contribution is 2.46. The predicted octanol–water partition coefficient (Wildman–Crippen LogP) is 3.58. The Hall–Kier alpha value is -2.16. The highest BCUT2D eigenvalue weighted by molar-refractivity contribution is 6.31. The molecule has 0 aromatic heterocycles. The molecule has 2 aliphatic rings. The van der Waals surface area contributed by atoms with Crippen molar-refractivity contribution in [2.45, 2.75) is 76.3 Å². The van der Waals surface area contributed by atoms with Crippen LogP contribution in [0.1, 0.15) is 50.3 Å². The predicted molar refractivity (Wildman–Crippen MR) is 129 cm³/mol. The number of benzene rings is 2. The number of fused-ring (bicyclic) bond motifs is 1. The summed E-state index contributed by atoms with van der Waals surface area (Å²) in [5, 5.41) is 31.6. The number of aliphatic hydroxyl groups excluding tert-OH is 3. The van der Waals surface area contributed by atoms with Gasteiger partial charge in [0.05, 0.1) is 12.7 Å². The van der Waals surface area contributed by atoms with Gasteiger partial charge in [0, 0.05) is 17.0 Å². The van der Waals surface area contributed by atoms with Gasteiger partial charge in [0.2, 0.25) is 5.72 Å². The number of aliphatic imine (C=N–C) groups is 1. The van der Waals surface area contributed by atoms with Crippen LogP contribution in [0.5, 0.6) is 5.75 Å². The summed E-state index contributed by atoms with van der Waals surface area (Å²) in [6.07, 6.45) is -2.49. The second kappa shape index (κ2) is 10.2. The van der Waals surface area contributed by atoms with Crippen LogP contribution in [0.25, 0.3) is 0 Å². The molecule has 5 atom stereocenters. The average molecular weight is 490 g/mol. The molecule has 4 rings (SSSR count). The summed E-state index contributed by atoms with van der Waals surface area (Å²) in [5.74, 6) is 1.26. The molecule has 7 nitrogen and oxygen atoms in total. The van der Waals surface area contributed by atoms with Crippen LogP contribution in [-0.2, 0) is 21.6 Å². The van der Waals surface area contributed by atoms with Gasteiger partial charge >= 0.3 is 0 Å². The van der Waals surface area contributed by atoms with Gasteiger partial charge < -0.3 is 29.5 Å². The number of hydrogen-bond acceptors (Lipinski definition) is 7. The summed E-state index contributed by atoms with van der Waals surface area (Å²) >= 11 is 6.55. The summed E-state index contributed by atoms with van der Waals surface area (Å²) < 4.78 is 17.8. The van der Waals surface area contributed by atoms with E-state index in [1.807, 2.05) is 51.1 Å². The van der Waals surface area contributed by atoms with Crippen LogP contribution in [0.3, 0.4) is 0 Å². The molecule has 8 heteroatoms. The molecule has 3 N–H and O–H groups in total. The molecule has 2 unspecified atom stereocenters. The third-order valence-corrected chi connectivity index (χ3v) is 6.47. The van der Waals surface area contributed by atoms with Crippen LogP contribution in [-0.4, -0.2) is 58.3 Å². The number of aliphatic hydroxyl groups is 3. The molecule has 2 heterocycles. The fourth-order valence-electron chi connectivity index (χ4n) is 4.48. The Morgan fingerprint density at radius 1 is 1.12 bits per heavy atom. The lowest BCUT2D eigenvalue weighted by Gasteiger charge is -2.44. The minimum atomic E-state index is -1.38. The van der Waals surface area contributed by atoms with Crippen molar-refractivity contribution in [2.75, 3.05) is 6.61 Å². The smallest absolute Gasteiger partial charge is 0.228 e. The van der Waals surface area contributed by atoms with Crippen LogP contribution < -0.4 is 4.74 Å². The first kappa shape index (κ1) is 24.9. The van der Waals surface area contributed by atoms with Crippen LogP contribution in [0.4, 0.5) is 0 Å². The molecule has 0 amide bonds. The quantitative estimate of drug-likeness (QED) is 0.524. The number of hydrogen-bond donors (Lipinski definition) is 3. The first-order chi connectivity index (χ1) is 16.3. The van der Waals surface area contributed by atoms with Gasteiger partial charge in [0.1, 0.15) is 24.1 Å². The molecule has 34 heavy (non-hydrogen) atoms. The zero-order valence-electron chi connectivity index (χ0n) is 19.6. The van der Waals surface area contributed by atoms with Gasteiger partial charge in [-0.15, -0.1) is 0 Å². The van der Waals surface area contributed by atoms with Crippen molar-refractivity contribution in [1.29, 1.82) is 0 Å². The standard InChI is InChI=1S/C26H32ClNO6/c1-4-5-22-28-26(25(33-22)24(31)23(30)21(14-29)34-26)18-8-11-20(27)17(13-18)12-16-6-9-19(10-7-16)32-15(2)3/h6-11,13,15,21,23-25,29-31H,4-5,12,14H2,1-3H3/t21-,23-,24+,25?,26?/m1/s1. The summed E-state index contributed by atoms with van der Waals surface area (Å²) in [6.45, 7) is 5.51. The molecule has 0 spiro atoms. The SMILES string of the molecule is CCCC1=NC2(c3ccc(Cl)c(Cc4ccc(OC(C)C)cc4)c3)O[C@H](CO)[C@@H](O)[C@H](O)C2O1. The molecule has 2 aromatic rings. The summed E-state index contributed by atoms with van der Waals surface area (Å²) in [7, 11) is 0. The van der Waals surface area contributed by atoms with Crippen molar-refractivity contribution in [3.63, 3.8) is 0 Å². The van der Waals surface area contributed by atoms with Crippen molar-refractivity contribution in [3.05, 3.63) is 64.2 Å². The van der Waals surface area contributed by atoms with E-state index in [2.05, 4.69) is 0 Å². The highest BCUT2D eigenvalue weighted by atomic mass is 35.5. The largest absolute Gasteiger partial charge is 0.491 e. The van der Waals surface area contributed by atoms with Gasteiger partial charge in [-0.05, 0) is 62.1 Å². The molecule has 1 fully saturated rings. The molecule has 0 aliphatic carbocycles. The van der Waals surface area contributed by atoms with E-state index in [1.54, 1.807) is 12.1 Å². The van der Waals surface area contributed by atoms with Crippen molar-refractivity contribution < 1.29 is 29.5 Å². The van der Waals surface area contributed by atoms with Crippen molar-refractivity contribution >= 4 is 17.5 Å². The van der Waals surface area contributed by atoms with Gasteiger partial charge in [-0.1, -0.05) is 36.7 Å². The van der Waals surface area contributed by atoms with E-state index < -0.39 is 36.7 Å². The molecule has 184 valence electrons. The van der Waals surface area contributed by atoms with E-state index in [9.17, 15) is 15.3 Å². The summed E-state index contributed by atoms with van der Waals surface area (Å²) in [5.41, 5.74) is 1.17.